The molecule has 0 atom stereocenters. The van der Waals surface area contributed by atoms with Gasteiger partial charge in [0.15, 0.2) is 0 Å². The number of rotatable bonds is 4. The number of nitrogens with zero attached hydrogens (tertiary/aromatic N) is 4. The largest absolute Gasteiger partial charge is 0.542 e. The molecule has 0 fully saturated rings. The van der Waals surface area contributed by atoms with Crippen LogP contribution >= 0.6 is 0 Å². The average molecular weight is 326 g/mol. The molecule has 0 saturated carbocycles. The molecule has 0 amide bonds. The molecule has 8 nitrogen and oxygen atoms in total. The van der Waals surface area contributed by atoms with Crippen LogP contribution in [0.4, 0.5) is 13.2 Å². The first kappa shape index (κ1) is 19.8. The first-order valence-electron chi connectivity index (χ1n) is 5.89. The second-order valence-electron chi connectivity index (χ2n) is 5.22. The first-order chi connectivity index (χ1) is 9.85. The zero-order chi connectivity index (χ0) is 17.6. The van der Waals surface area contributed by atoms with Gasteiger partial charge in [0.05, 0.1) is 34.4 Å². The van der Waals surface area contributed by atoms with Crippen molar-refractivity contribution >= 4 is 11.9 Å². The molecule has 1 aromatic heterocycles. The van der Waals surface area contributed by atoms with Crippen LogP contribution in [0, 0.1) is 0 Å². The molecule has 0 saturated heterocycles. The number of hydrogen-bond acceptors (Lipinski definition) is 6. The van der Waals surface area contributed by atoms with Gasteiger partial charge < -0.3 is 19.1 Å². The molecule has 0 aliphatic rings. The number of alkyl halides is 3. The number of carboxylic acid groups (broad SMARTS) is 1. The van der Waals surface area contributed by atoms with Crippen molar-refractivity contribution in [3.05, 3.63) is 11.9 Å². The van der Waals surface area contributed by atoms with Crippen molar-refractivity contribution < 1.29 is 37.1 Å². The van der Waals surface area contributed by atoms with E-state index in [1.807, 2.05) is 0 Å². The normalized spacial score (nSPS) is 11.4. The highest BCUT2D eigenvalue weighted by Gasteiger charge is 2.28. The fraction of sp³-hybridized carbons (Fsp3) is 0.636. The van der Waals surface area contributed by atoms with Gasteiger partial charge in [-0.1, -0.05) is 5.21 Å². The van der Waals surface area contributed by atoms with E-state index in [4.69, 9.17) is 9.90 Å². The number of aliphatic carboxylic acids is 1. The Morgan fingerprint density at radius 1 is 1.36 bits per heavy atom. The van der Waals surface area contributed by atoms with Gasteiger partial charge in [-0.15, -0.1) is 5.10 Å². The summed E-state index contributed by atoms with van der Waals surface area (Å²) in [5.41, 5.74) is 0.867. The summed E-state index contributed by atoms with van der Waals surface area (Å²) >= 11 is 0. The molecule has 0 aliphatic carbocycles. The second kappa shape index (κ2) is 7.73. The highest BCUT2D eigenvalue weighted by molar-refractivity contribution is 5.70. The van der Waals surface area contributed by atoms with Gasteiger partial charge in [-0.3, -0.25) is 4.79 Å². The summed E-state index contributed by atoms with van der Waals surface area (Å²) in [5.74, 6) is -3.33. The predicted octanol–water partition coefficient (Wildman–Crippen LogP) is -1.04. The summed E-state index contributed by atoms with van der Waals surface area (Å²) in [5, 5.41) is 16.6. The highest BCUT2D eigenvalue weighted by atomic mass is 19.4. The van der Waals surface area contributed by atoms with E-state index in [2.05, 4.69) is 36.2 Å². The summed E-state index contributed by atoms with van der Waals surface area (Å²) in [6.07, 6.45) is -3.43. The second-order valence-corrected chi connectivity index (χ2v) is 5.22. The molecule has 0 N–H and O–H groups in total. The van der Waals surface area contributed by atoms with Gasteiger partial charge >= 0.3 is 12.1 Å². The number of ether oxygens (including phenoxy) is 1. The number of carbonyl (C=O) groups is 2. The van der Waals surface area contributed by atoms with E-state index >= 15 is 0 Å². The number of aromatic nitrogens is 3. The molecular weight excluding hydrogens is 309 g/mol. The van der Waals surface area contributed by atoms with E-state index in [0.29, 0.717) is 0 Å². The molecule has 1 heterocycles. The Hall–Kier alpha value is -2.17. The van der Waals surface area contributed by atoms with Crippen LogP contribution in [0.1, 0.15) is 5.69 Å². The van der Waals surface area contributed by atoms with Crippen molar-refractivity contribution in [2.45, 2.75) is 19.3 Å². The zero-order valence-corrected chi connectivity index (χ0v) is 12.5. The number of esters is 1. The Labute approximate surface area is 124 Å². The van der Waals surface area contributed by atoms with Crippen LogP contribution in [0.15, 0.2) is 6.20 Å². The third-order valence-electron chi connectivity index (χ3n) is 1.97. The van der Waals surface area contributed by atoms with Gasteiger partial charge in [0.1, 0.15) is 24.8 Å². The fourth-order valence-corrected chi connectivity index (χ4v) is 1.17. The molecule has 0 spiro atoms. The average Bonchev–Trinajstić information content (AvgIpc) is 2.73. The quantitative estimate of drug-likeness (QED) is 0.518. The highest BCUT2D eigenvalue weighted by Crippen LogP contribution is 2.11. The fourth-order valence-electron chi connectivity index (χ4n) is 1.17. The minimum atomic E-state index is -5.19. The molecule has 22 heavy (non-hydrogen) atoms. The zero-order valence-electron chi connectivity index (χ0n) is 12.5. The molecule has 0 unspecified atom stereocenters. The van der Waals surface area contributed by atoms with Gasteiger partial charge in [0.25, 0.3) is 0 Å². The number of hydrogen-bond donors (Lipinski definition) is 0. The number of quaternary nitrogens is 1. The molecule has 11 heteroatoms. The monoisotopic (exact) mass is 326 g/mol. The van der Waals surface area contributed by atoms with Crippen LogP contribution in [0.2, 0.25) is 0 Å². The Kier molecular flexibility index (Phi) is 6.97. The van der Waals surface area contributed by atoms with E-state index in [1.165, 1.54) is 11.8 Å². The van der Waals surface area contributed by atoms with E-state index in [-0.39, 0.29) is 12.5 Å². The molecule has 0 aliphatic heterocycles. The van der Waals surface area contributed by atoms with E-state index in [9.17, 15) is 18.0 Å². The molecule has 1 rings (SSSR count). The third-order valence-corrected chi connectivity index (χ3v) is 1.97. The lowest BCUT2D eigenvalue weighted by atomic mass is 10.4. The number of carbonyl (C=O) groups excluding carboxylic acids is 2. The van der Waals surface area contributed by atoms with E-state index in [1.54, 1.807) is 6.20 Å². The number of methoxy groups -OCH3 is 1. The van der Waals surface area contributed by atoms with Gasteiger partial charge in [-0.25, -0.2) is 4.68 Å². The molecule has 0 bridgehead atoms. The van der Waals surface area contributed by atoms with Gasteiger partial charge in [0, 0.05) is 0 Å². The van der Waals surface area contributed by atoms with Crippen molar-refractivity contribution in [3.63, 3.8) is 0 Å². The van der Waals surface area contributed by atoms with Crippen LogP contribution < -0.4 is 5.11 Å². The van der Waals surface area contributed by atoms with Gasteiger partial charge in [-0.05, 0) is 0 Å². The van der Waals surface area contributed by atoms with Crippen molar-refractivity contribution in [1.29, 1.82) is 0 Å². The minimum Gasteiger partial charge on any atom is -0.542 e. The van der Waals surface area contributed by atoms with Gasteiger partial charge in [0.2, 0.25) is 0 Å². The Balaban J connectivity index is 0.000000534. The van der Waals surface area contributed by atoms with Crippen LogP contribution in [0.5, 0.6) is 0 Å². The van der Waals surface area contributed by atoms with Crippen molar-refractivity contribution in [2.75, 3.05) is 28.3 Å². The van der Waals surface area contributed by atoms with Crippen LogP contribution in [0.3, 0.4) is 0 Å². The predicted molar refractivity (Wildman–Crippen MR) is 64.8 cm³/mol. The standard InChI is InChI=1S/C9H17N4O2.C2HF3O2/c1-13(2,3)7-8-5-12(11-10-8)6-9(14)15-4;3-2(4,5)1(6)7/h5H,6-7H2,1-4H3;(H,6,7)/q+1;/p-1. The Morgan fingerprint density at radius 2 is 1.86 bits per heavy atom. The van der Waals surface area contributed by atoms with Crippen LogP contribution in [0.25, 0.3) is 0 Å². The first-order valence-corrected chi connectivity index (χ1v) is 5.89. The topological polar surface area (TPSA) is 97.1 Å². The smallest absolute Gasteiger partial charge is 0.430 e. The molecule has 1 aromatic rings. The van der Waals surface area contributed by atoms with Crippen molar-refractivity contribution in [3.8, 4) is 0 Å². The molecule has 126 valence electrons. The number of carboxylic acids is 1. The van der Waals surface area contributed by atoms with Crippen LogP contribution in [-0.4, -0.2) is 65.8 Å². The van der Waals surface area contributed by atoms with Crippen LogP contribution in [-0.2, 0) is 27.4 Å². The Morgan fingerprint density at radius 3 is 2.23 bits per heavy atom. The van der Waals surface area contributed by atoms with Crippen molar-refractivity contribution in [2.24, 2.45) is 0 Å². The lowest BCUT2D eigenvalue weighted by molar-refractivity contribution is -0.884. The minimum absolute atomic E-state index is 0.112. The SMILES string of the molecule is COC(=O)Cn1cc(C[N+](C)(C)C)nn1.O=C([O-])C(F)(F)F. The van der Waals surface area contributed by atoms with Gasteiger partial charge in [-0.2, -0.15) is 13.2 Å². The summed E-state index contributed by atoms with van der Waals surface area (Å²) in [4.78, 5) is 19.7. The maximum atomic E-state index is 11.0. The maximum Gasteiger partial charge on any atom is 0.430 e. The Bertz CT molecular complexity index is 508. The lowest BCUT2D eigenvalue weighted by Crippen LogP contribution is -2.37. The van der Waals surface area contributed by atoms with E-state index in [0.717, 1.165) is 16.7 Å². The maximum absolute atomic E-state index is 11.0. The third kappa shape index (κ3) is 8.89. The number of halogens is 3. The molecular formula is C11H17F3N4O4. The lowest BCUT2D eigenvalue weighted by Gasteiger charge is -2.21. The summed E-state index contributed by atoms with van der Waals surface area (Å²) in [6, 6.07) is 0. The summed E-state index contributed by atoms with van der Waals surface area (Å²) in [7, 11) is 7.56. The van der Waals surface area contributed by atoms with E-state index < -0.39 is 12.1 Å². The molecule has 0 radical (unpaired) electrons. The summed E-state index contributed by atoms with van der Waals surface area (Å²) < 4.78 is 38.3. The molecule has 0 aromatic carbocycles. The summed E-state index contributed by atoms with van der Waals surface area (Å²) in [6.45, 7) is 0.891. The van der Waals surface area contributed by atoms with Crippen molar-refractivity contribution in [1.82, 2.24) is 15.0 Å².